The molecule has 0 radical (unpaired) electrons. The SMILES string of the molecule is C=CCc1cc(/C=C2/SC(=Nc3ccc(OC)cc3)NC2=O)cc(OCC)c1OCc1cccc2ccccc12. The number of nitrogens with zero attached hydrogens (tertiary/aromatic N) is 1. The number of benzene rings is 4. The van der Waals surface area contributed by atoms with Crippen LogP contribution in [-0.4, -0.2) is 24.8 Å². The molecule has 6 nitrogen and oxygen atoms in total. The van der Waals surface area contributed by atoms with Gasteiger partial charge in [0.2, 0.25) is 0 Å². The van der Waals surface area contributed by atoms with Gasteiger partial charge in [-0.3, -0.25) is 4.79 Å². The number of nitrogens with one attached hydrogen (secondary N) is 1. The van der Waals surface area contributed by atoms with Crippen LogP contribution in [0.25, 0.3) is 16.8 Å². The Labute approximate surface area is 238 Å². The molecule has 7 heteroatoms. The molecule has 5 rings (SSSR count). The number of ether oxygens (including phenoxy) is 3. The smallest absolute Gasteiger partial charge is 0.264 e. The number of fused-ring (bicyclic) bond motifs is 1. The first-order chi connectivity index (χ1) is 19.6. The molecule has 0 bridgehead atoms. The van der Waals surface area contributed by atoms with E-state index >= 15 is 0 Å². The standard InChI is InChI=1S/C33H30N2O4S/c1-4-9-24-18-22(20-30-32(36)35-33(40-30)34-26-14-16-27(37-3)17-15-26)19-29(38-5-2)31(24)39-21-25-12-8-11-23-10-6-7-13-28(23)25/h4,6-8,10-20H,1,5,9,21H2,2-3H3,(H,34,35,36)/b30-20+. The molecule has 0 saturated carbocycles. The summed E-state index contributed by atoms with van der Waals surface area (Å²) in [6, 6.07) is 25.8. The Morgan fingerprint density at radius 3 is 2.55 bits per heavy atom. The molecule has 4 aromatic carbocycles. The minimum atomic E-state index is -0.197. The zero-order valence-corrected chi connectivity index (χ0v) is 23.3. The largest absolute Gasteiger partial charge is 0.497 e. The fourth-order valence-corrected chi connectivity index (χ4v) is 5.32. The first kappa shape index (κ1) is 27.1. The maximum Gasteiger partial charge on any atom is 0.264 e. The number of amides is 1. The van der Waals surface area contributed by atoms with E-state index < -0.39 is 0 Å². The minimum absolute atomic E-state index is 0.197. The Kier molecular flexibility index (Phi) is 8.52. The van der Waals surface area contributed by atoms with Crippen molar-refractivity contribution in [1.82, 2.24) is 5.32 Å². The van der Waals surface area contributed by atoms with Gasteiger partial charge in [-0.05, 0) is 89.5 Å². The van der Waals surface area contributed by atoms with E-state index in [2.05, 4.69) is 41.2 Å². The number of amidine groups is 1. The number of carbonyl (C=O) groups is 1. The first-order valence-electron chi connectivity index (χ1n) is 13.0. The molecular weight excluding hydrogens is 520 g/mol. The molecule has 1 aliphatic heterocycles. The van der Waals surface area contributed by atoms with Crippen molar-refractivity contribution in [2.45, 2.75) is 20.0 Å². The molecule has 1 aliphatic rings. The molecule has 1 amide bonds. The number of hydrogen-bond acceptors (Lipinski definition) is 6. The van der Waals surface area contributed by atoms with Gasteiger partial charge >= 0.3 is 0 Å². The number of allylic oxidation sites excluding steroid dienone is 1. The van der Waals surface area contributed by atoms with Gasteiger partial charge in [-0.1, -0.05) is 48.5 Å². The summed E-state index contributed by atoms with van der Waals surface area (Å²) in [6.45, 7) is 6.75. The molecular formula is C33H30N2O4S. The van der Waals surface area contributed by atoms with E-state index in [1.165, 1.54) is 17.1 Å². The lowest BCUT2D eigenvalue weighted by atomic mass is 10.0. The quantitative estimate of drug-likeness (QED) is 0.164. The summed E-state index contributed by atoms with van der Waals surface area (Å²) < 4.78 is 17.6. The molecule has 1 N–H and O–H groups in total. The summed E-state index contributed by atoms with van der Waals surface area (Å²) >= 11 is 1.30. The van der Waals surface area contributed by atoms with Gasteiger partial charge in [0.15, 0.2) is 16.7 Å². The van der Waals surface area contributed by atoms with Crippen LogP contribution in [0.1, 0.15) is 23.6 Å². The van der Waals surface area contributed by atoms with E-state index in [0.717, 1.165) is 33.5 Å². The van der Waals surface area contributed by atoms with Crippen LogP contribution in [0.5, 0.6) is 17.2 Å². The predicted molar refractivity (Wildman–Crippen MR) is 164 cm³/mol. The van der Waals surface area contributed by atoms with E-state index in [-0.39, 0.29) is 5.91 Å². The molecule has 1 heterocycles. The molecule has 202 valence electrons. The molecule has 0 aliphatic carbocycles. The van der Waals surface area contributed by atoms with Gasteiger partial charge in [-0.2, -0.15) is 0 Å². The van der Waals surface area contributed by atoms with Crippen LogP contribution in [0.15, 0.2) is 101 Å². The molecule has 0 unspecified atom stereocenters. The summed E-state index contributed by atoms with van der Waals surface area (Å²) in [5, 5.41) is 5.70. The lowest BCUT2D eigenvalue weighted by Crippen LogP contribution is -2.19. The molecule has 4 aromatic rings. The zero-order valence-electron chi connectivity index (χ0n) is 22.5. The highest BCUT2D eigenvalue weighted by Crippen LogP contribution is 2.37. The van der Waals surface area contributed by atoms with Crippen molar-refractivity contribution >= 4 is 45.4 Å². The first-order valence-corrected chi connectivity index (χ1v) is 13.8. The maximum absolute atomic E-state index is 12.8. The normalized spacial score (nSPS) is 14.9. The van der Waals surface area contributed by atoms with E-state index in [1.54, 1.807) is 7.11 Å². The third-order valence-electron chi connectivity index (χ3n) is 6.32. The number of methoxy groups -OCH3 is 1. The molecule has 0 spiro atoms. The number of thioether (sulfide) groups is 1. The second kappa shape index (κ2) is 12.6. The van der Waals surface area contributed by atoms with Crippen molar-refractivity contribution in [1.29, 1.82) is 0 Å². The second-order valence-electron chi connectivity index (χ2n) is 9.04. The van der Waals surface area contributed by atoms with Crippen LogP contribution in [0, 0.1) is 0 Å². The maximum atomic E-state index is 12.8. The lowest BCUT2D eigenvalue weighted by Gasteiger charge is -2.17. The fraction of sp³-hybridized carbons (Fsp3) is 0.152. The van der Waals surface area contributed by atoms with Gasteiger partial charge < -0.3 is 19.5 Å². The number of carbonyl (C=O) groups excluding carboxylic acids is 1. The van der Waals surface area contributed by atoms with Crippen molar-refractivity contribution in [3.8, 4) is 17.2 Å². The highest BCUT2D eigenvalue weighted by molar-refractivity contribution is 8.18. The van der Waals surface area contributed by atoms with Crippen molar-refractivity contribution in [2.24, 2.45) is 4.99 Å². The van der Waals surface area contributed by atoms with E-state index in [4.69, 9.17) is 14.2 Å². The Morgan fingerprint density at radius 1 is 0.975 bits per heavy atom. The Morgan fingerprint density at radius 2 is 1.77 bits per heavy atom. The Balaban J connectivity index is 1.42. The van der Waals surface area contributed by atoms with Gasteiger partial charge in [0.05, 0.1) is 24.3 Å². The van der Waals surface area contributed by atoms with Crippen molar-refractivity contribution < 1.29 is 19.0 Å². The molecule has 1 fully saturated rings. The fourth-order valence-electron chi connectivity index (χ4n) is 4.47. The average molecular weight is 551 g/mol. The topological polar surface area (TPSA) is 69.2 Å². The number of rotatable bonds is 10. The zero-order chi connectivity index (χ0) is 27.9. The van der Waals surface area contributed by atoms with Crippen LogP contribution in [0.3, 0.4) is 0 Å². The summed E-state index contributed by atoms with van der Waals surface area (Å²) in [5.41, 5.74) is 3.59. The van der Waals surface area contributed by atoms with Crippen LogP contribution in [0.4, 0.5) is 5.69 Å². The van der Waals surface area contributed by atoms with Crippen LogP contribution in [-0.2, 0) is 17.8 Å². The third kappa shape index (κ3) is 6.21. The van der Waals surface area contributed by atoms with Crippen LogP contribution < -0.4 is 19.5 Å². The summed E-state index contributed by atoms with van der Waals surface area (Å²) in [4.78, 5) is 17.9. The van der Waals surface area contributed by atoms with Crippen molar-refractivity contribution in [3.05, 3.63) is 113 Å². The molecule has 0 atom stereocenters. The number of hydrogen-bond donors (Lipinski definition) is 1. The van der Waals surface area contributed by atoms with Crippen molar-refractivity contribution in [3.63, 3.8) is 0 Å². The van der Waals surface area contributed by atoms with Crippen LogP contribution >= 0.6 is 11.8 Å². The summed E-state index contributed by atoms with van der Waals surface area (Å²) in [5.74, 6) is 1.86. The van der Waals surface area contributed by atoms with Gasteiger partial charge in [0.1, 0.15) is 12.4 Å². The van der Waals surface area contributed by atoms with E-state index in [1.807, 2.05) is 73.7 Å². The highest BCUT2D eigenvalue weighted by atomic mass is 32.2. The van der Waals surface area contributed by atoms with Crippen LogP contribution in [0.2, 0.25) is 0 Å². The molecule has 1 saturated heterocycles. The number of aliphatic imine (C=N–C) groups is 1. The Bertz CT molecular complexity index is 1600. The lowest BCUT2D eigenvalue weighted by molar-refractivity contribution is -0.115. The van der Waals surface area contributed by atoms with Gasteiger partial charge in [-0.15, -0.1) is 6.58 Å². The second-order valence-corrected chi connectivity index (χ2v) is 10.1. The predicted octanol–water partition coefficient (Wildman–Crippen LogP) is 7.45. The average Bonchev–Trinajstić information content (AvgIpc) is 3.31. The third-order valence-corrected chi connectivity index (χ3v) is 7.23. The van der Waals surface area contributed by atoms with E-state index in [0.29, 0.717) is 41.2 Å². The minimum Gasteiger partial charge on any atom is -0.497 e. The summed E-state index contributed by atoms with van der Waals surface area (Å²) in [7, 11) is 1.62. The summed E-state index contributed by atoms with van der Waals surface area (Å²) in [6.07, 6.45) is 4.27. The monoisotopic (exact) mass is 550 g/mol. The van der Waals surface area contributed by atoms with E-state index in [9.17, 15) is 4.79 Å². The van der Waals surface area contributed by atoms with Gasteiger partial charge in [0.25, 0.3) is 5.91 Å². The van der Waals surface area contributed by atoms with Crippen molar-refractivity contribution in [2.75, 3.05) is 13.7 Å². The Hall–Kier alpha value is -4.49. The highest BCUT2D eigenvalue weighted by Gasteiger charge is 2.24. The van der Waals surface area contributed by atoms with Gasteiger partial charge in [-0.25, -0.2) is 4.99 Å². The molecule has 40 heavy (non-hydrogen) atoms. The molecule has 0 aromatic heterocycles. The van der Waals surface area contributed by atoms with Gasteiger partial charge in [0, 0.05) is 5.56 Å².